The molecule has 2 aliphatic carbocycles. The number of likely N-dealkylation sites (N-methyl/N-ethyl adjacent to an activating group) is 1. The van der Waals surface area contributed by atoms with E-state index < -0.39 is 56.1 Å². The molecule has 0 spiro atoms. The average molecular weight is 969 g/mol. The molecule has 0 bridgehead atoms. The van der Waals surface area contributed by atoms with Crippen molar-refractivity contribution in [3.8, 4) is 0 Å². The number of amides is 7. The summed E-state index contributed by atoms with van der Waals surface area (Å²) >= 11 is 0. The Morgan fingerprint density at radius 3 is 1.93 bits per heavy atom. The predicted octanol–water partition coefficient (Wildman–Crippen LogP) is 5.27. The first-order valence-corrected chi connectivity index (χ1v) is 27.8. The molecule has 17 heteroatoms. The first-order valence-electron chi connectivity index (χ1n) is 24.4. The summed E-state index contributed by atoms with van der Waals surface area (Å²) in [6, 6.07) is 26.1. The maximum absolute atomic E-state index is 14.7. The Hall–Kier alpha value is -6.85. The van der Waals surface area contributed by atoms with E-state index in [1.807, 2.05) is 30.3 Å². The lowest BCUT2D eigenvalue weighted by Gasteiger charge is -2.32. The van der Waals surface area contributed by atoms with Crippen molar-refractivity contribution in [1.82, 2.24) is 36.4 Å². The van der Waals surface area contributed by atoms with Crippen LogP contribution in [0.25, 0.3) is 0 Å². The summed E-state index contributed by atoms with van der Waals surface area (Å²) in [7, 11) is -0.796. The molecule has 0 saturated carbocycles. The van der Waals surface area contributed by atoms with Gasteiger partial charge in [0.15, 0.2) is 0 Å². The molecular weight excluding hydrogens is 905 g/mol. The molecule has 2 heterocycles. The van der Waals surface area contributed by atoms with Crippen LogP contribution in [0.5, 0.6) is 0 Å². The Kier molecular flexibility index (Phi) is 15.2. The molecule has 7 amide bonds. The molecule has 16 nitrogen and oxygen atoms in total. The van der Waals surface area contributed by atoms with Gasteiger partial charge in [0.1, 0.15) is 18.1 Å². The molecule has 70 heavy (non-hydrogen) atoms. The summed E-state index contributed by atoms with van der Waals surface area (Å²) in [5.74, 6) is -2.11. The Morgan fingerprint density at radius 2 is 1.33 bits per heavy atom. The molecule has 0 unspecified atom stereocenters. The molecule has 7 N–H and O–H groups in total. The summed E-state index contributed by atoms with van der Waals surface area (Å²) in [5.41, 5.74) is 6.54. The van der Waals surface area contributed by atoms with Gasteiger partial charge in [-0.2, -0.15) is 0 Å². The summed E-state index contributed by atoms with van der Waals surface area (Å²) in [6.07, 6.45) is 5.18. The van der Waals surface area contributed by atoms with Crippen LogP contribution in [0, 0.1) is 0 Å². The number of rotatable bonds is 14. The second-order valence-corrected chi connectivity index (χ2v) is 25.1. The highest BCUT2D eigenvalue weighted by Crippen LogP contribution is 2.33. The fourth-order valence-corrected chi connectivity index (χ4v) is 13.2. The lowest BCUT2D eigenvalue weighted by molar-refractivity contribution is -0.141. The van der Waals surface area contributed by atoms with Gasteiger partial charge in [-0.3, -0.25) is 33.7 Å². The van der Waals surface area contributed by atoms with E-state index in [2.05, 4.69) is 63.2 Å². The highest BCUT2D eigenvalue weighted by atomic mass is 28.3. The van der Waals surface area contributed by atoms with Crippen molar-refractivity contribution in [2.75, 3.05) is 25.1 Å². The fraction of sp³-hybridized carbons (Fsp3) is 0.415. The van der Waals surface area contributed by atoms with Crippen LogP contribution in [0.4, 0.5) is 10.5 Å². The summed E-state index contributed by atoms with van der Waals surface area (Å²) in [6.45, 7) is 6.17. The molecule has 7 atom stereocenters. The second kappa shape index (κ2) is 21.4. The van der Waals surface area contributed by atoms with E-state index in [4.69, 9.17) is 0 Å². The number of hydrogen-bond acceptors (Lipinski definition) is 8. The van der Waals surface area contributed by atoms with E-state index in [1.54, 1.807) is 53.4 Å². The highest BCUT2D eigenvalue weighted by molar-refractivity contribution is 6.79. The fourth-order valence-electron chi connectivity index (χ4n) is 10.4. The third kappa shape index (κ3) is 11.6. The van der Waals surface area contributed by atoms with Crippen LogP contribution in [0.15, 0.2) is 97.1 Å². The smallest absolute Gasteiger partial charge is 0.407 e. The number of carbonyl (C=O) groups is 7. The van der Waals surface area contributed by atoms with Crippen LogP contribution in [-0.4, -0.2) is 114 Å². The Labute approximate surface area is 409 Å². The van der Waals surface area contributed by atoms with E-state index in [0.29, 0.717) is 47.6 Å². The van der Waals surface area contributed by atoms with E-state index in [9.17, 15) is 38.7 Å². The van der Waals surface area contributed by atoms with Crippen molar-refractivity contribution in [3.63, 3.8) is 0 Å². The molecule has 0 aromatic heterocycles. The van der Waals surface area contributed by atoms with Gasteiger partial charge in [-0.1, -0.05) is 73.8 Å². The molecule has 2 saturated heterocycles. The number of nitrogens with one attached hydrogen (secondary N) is 6. The van der Waals surface area contributed by atoms with Gasteiger partial charge in [-0.25, -0.2) is 4.79 Å². The summed E-state index contributed by atoms with van der Waals surface area (Å²) in [4.78, 5) is 96.4. The minimum absolute atomic E-state index is 0.0269. The van der Waals surface area contributed by atoms with Crippen molar-refractivity contribution in [3.05, 3.63) is 136 Å². The van der Waals surface area contributed by atoms with Gasteiger partial charge < -0.3 is 41.9 Å². The Morgan fingerprint density at radius 1 is 0.757 bits per heavy atom. The van der Waals surface area contributed by atoms with Crippen LogP contribution >= 0.6 is 0 Å². The third-order valence-electron chi connectivity index (χ3n) is 14.4. The third-order valence-corrected chi connectivity index (χ3v) is 17.1. The number of hydrogen-bond donors (Lipinski definition) is 7. The van der Waals surface area contributed by atoms with Crippen molar-refractivity contribution in [1.29, 1.82) is 0 Å². The zero-order valence-electron chi connectivity index (χ0n) is 40.3. The van der Waals surface area contributed by atoms with E-state index in [-0.39, 0.29) is 42.3 Å². The molecule has 4 aromatic rings. The monoisotopic (exact) mass is 968 g/mol. The molecule has 0 radical (unpaired) electrons. The maximum atomic E-state index is 14.7. The first-order chi connectivity index (χ1) is 33.5. The number of nitrogens with zero attached hydrogens (tertiary/aromatic N) is 2. The van der Waals surface area contributed by atoms with Gasteiger partial charge in [0.25, 0.3) is 11.8 Å². The molecule has 2 fully saturated rings. The highest BCUT2D eigenvalue weighted by Gasteiger charge is 2.47. The van der Waals surface area contributed by atoms with Crippen molar-refractivity contribution in [2.45, 2.75) is 120 Å². The lowest BCUT2D eigenvalue weighted by atomic mass is 9.87. The van der Waals surface area contributed by atoms with Crippen LogP contribution in [0.2, 0.25) is 19.1 Å². The summed E-state index contributed by atoms with van der Waals surface area (Å²) < 4.78 is 0. The minimum Gasteiger partial charge on any atom is -0.465 e. The Balaban J connectivity index is 0.877. The van der Waals surface area contributed by atoms with Crippen molar-refractivity contribution >= 4 is 55.3 Å². The molecular formula is C53H64N8O8Si. The zero-order chi connectivity index (χ0) is 49.7. The van der Waals surface area contributed by atoms with Crippen molar-refractivity contribution in [2.24, 2.45) is 0 Å². The number of carboxylic acid groups (broad SMARTS) is 1. The maximum Gasteiger partial charge on any atom is 0.407 e. The molecule has 4 aliphatic rings. The van der Waals surface area contributed by atoms with Gasteiger partial charge in [-0.15, -0.1) is 0 Å². The first kappa shape index (κ1) is 49.6. The quantitative estimate of drug-likeness (QED) is 0.0818. The topological polar surface area (TPSA) is 218 Å². The van der Waals surface area contributed by atoms with Crippen LogP contribution < -0.4 is 31.9 Å². The number of carbonyl (C=O) groups excluding carboxylic acids is 6. The van der Waals surface area contributed by atoms with Gasteiger partial charge in [0.05, 0.1) is 26.2 Å². The largest absolute Gasteiger partial charge is 0.465 e. The zero-order valence-corrected chi connectivity index (χ0v) is 41.3. The number of fused-ring (bicyclic) bond motifs is 2. The number of aryl methyl sites for hydroxylation is 2. The molecule has 2 aliphatic heterocycles. The second-order valence-electron chi connectivity index (χ2n) is 20.1. The van der Waals surface area contributed by atoms with E-state index >= 15 is 0 Å². The van der Waals surface area contributed by atoms with Crippen LogP contribution in [-0.2, 0) is 38.4 Å². The van der Waals surface area contributed by atoms with Gasteiger partial charge in [-0.05, 0) is 122 Å². The SMILES string of the molecule is C[C@@H](C(=O)N[C@@H](Cc1ccc(NC(=O)c2ccc(C(=O)N[C@@H]3CN[C@H](C(=O)N[C@@H]4CCCc5ccccc54)C3)cc2)cc1)C(=O)N1C[Si](C)(C)C[C@H]1C(=O)N[C@@H]1CCCc2ccccc21)N(C)C(=O)O. The number of benzene rings is 4. The summed E-state index contributed by atoms with van der Waals surface area (Å²) in [5, 5.41) is 28.0. The Bertz CT molecular complexity index is 2630. The van der Waals surface area contributed by atoms with Crippen LogP contribution in [0.3, 0.4) is 0 Å². The minimum atomic E-state index is -2.08. The number of anilines is 1. The molecule has 4 aromatic carbocycles. The van der Waals surface area contributed by atoms with Crippen molar-refractivity contribution < 1.29 is 38.7 Å². The van der Waals surface area contributed by atoms with Crippen LogP contribution in [0.1, 0.15) is 99.6 Å². The average Bonchev–Trinajstić information content (AvgIpc) is 3.97. The van der Waals surface area contributed by atoms with Gasteiger partial charge in [0.2, 0.25) is 23.6 Å². The van der Waals surface area contributed by atoms with E-state index in [0.717, 1.165) is 49.0 Å². The van der Waals surface area contributed by atoms with Gasteiger partial charge >= 0.3 is 6.09 Å². The predicted molar refractivity (Wildman–Crippen MR) is 268 cm³/mol. The lowest BCUT2D eigenvalue weighted by Crippen LogP contribution is -2.57. The molecule has 368 valence electrons. The molecule has 8 rings (SSSR count). The normalized spacial score (nSPS) is 22.0. The van der Waals surface area contributed by atoms with E-state index in [1.165, 1.54) is 30.7 Å². The standard InChI is InChI=1S/C53H64N8O8Si/c1-32(60(2)53(68)69)47(62)59-45(52(67)61-31-70(3,4)30-46(61)51(66)58-43-18-10-14-35-12-6-8-16-41(35)43)27-33-19-25-38(26-20-33)55-48(63)36-21-23-37(24-22-36)49(64)56-39-28-44(54-29-39)50(65)57-42-17-9-13-34-11-5-7-15-40(34)42/h5-8,11-12,15-16,19-26,32,39,42-46,54H,9-10,13-14,17-18,27-31H2,1-4H3,(H,55,63)(H,56,64)(H,57,65)(H,58,66)(H,59,62)(H,68,69)/t32-,39-,42+,43+,44-,45-,46-/m0/s1. The van der Waals surface area contributed by atoms with Gasteiger partial charge in [0, 0.05) is 49.0 Å².